The minimum Gasteiger partial charge on any atom is -0.306 e. The summed E-state index contributed by atoms with van der Waals surface area (Å²) in [5.41, 5.74) is 2.62. The zero-order valence-electron chi connectivity index (χ0n) is 13.7. The van der Waals surface area contributed by atoms with E-state index in [1.807, 2.05) is 41.8 Å². The molecule has 4 rings (SSSR count). The van der Waals surface area contributed by atoms with Crippen LogP contribution in [0.25, 0.3) is 21.5 Å². The van der Waals surface area contributed by atoms with E-state index in [2.05, 4.69) is 18.0 Å². The maximum absolute atomic E-state index is 13.0. The molecular formula is C20H20N2OS. The summed E-state index contributed by atoms with van der Waals surface area (Å²) < 4.78 is 0. The van der Waals surface area contributed by atoms with E-state index in [0.29, 0.717) is 12.3 Å². The lowest BCUT2D eigenvalue weighted by molar-refractivity contribution is 0.0964. The van der Waals surface area contributed by atoms with E-state index >= 15 is 0 Å². The fourth-order valence-corrected chi connectivity index (χ4v) is 4.21. The Labute approximate surface area is 146 Å². The predicted octanol–water partition coefficient (Wildman–Crippen LogP) is 4.49. The highest BCUT2D eigenvalue weighted by Crippen LogP contribution is 2.30. The second kappa shape index (κ2) is 6.46. The molecule has 0 saturated carbocycles. The smallest absolute Gasteiger partial charge is 0.163 e. The number of pyridine rings is 1. The molecule has 1 aromatic carbocycles. The average molecular weight is 336 g/mol. The van der Waals surface area contributed by atoms with Crippen LogP contribution in [-0.4, -0.2) is 35.8 Å². The lowest BCUT2D eigenvalue weighted by Gasteiger charge is -2.12. The summed E-state index contributed by atoms with van der Waals surface area (Å²) >= 11 is 1.66. The number of nitrogens with zero attached hydrogens (tertiary/aromatic N) is 2. The molecule has 122 valence electrons. The van der Waals surface area contributed by atoms with Gasteiger partial charge in [-0.2, -0.15) is 0 Å². The number of thiophene rings is 1. The summed E-state index contributed by atoms with van der Waals surface area (Å²) in [6.45, 7) is 2.11. The van der Waals surface area contributed by atoms with Gasteiger partial charge in [0.2, 0.25) is 0 Å². The van der Waals surface area contributed by atoms with Crippen molar-refractivity contribution in [1.29, 1.82) is 0 Å². The number of benzene rings is 1. The number of hydrogen-bond donors (Lipinski definition) is 0. The molecule has 0 aliphatic carbocycles. The normalized spacial score (nSPS) is 18.3. The molecule has 0 bridgehead atoms. The number of fused-ring (bicyclic) bond motifs is 1. The van der Waals surface area contributed by atoms with Gasteiger partial charge in [0.15, 0.2) is 5.78 Å². The van der Waals surface area contributed by atoms with Gasteiger partial charge in [0.1, 0.15) is 0 Å². The summed E-state index contributed by atoms with van der Waals surface area (Å²) in [5, 5.41) is 3.01. The van der Waals surface area contributed by atoms with Gasteiger partial charge in [0, 0.05) is 23.9 Å². The van der Waals surface area contributed by atoms with Crippen molar-refractivity contribution in [3.8, 4) is 10.6 Å². The fraction of sp³-hybridized carbons (Fsp3) is 0.300. The van der Waals surface area contributed by atoms with Crippen LogP contribution in [0.5, 0.6) is 0 Å². The van der Waals surface area contributed by atoms with Gasteiger partial charge in [0.05, 0.1) is 16.1 Å². The van der Waals surface area contributed by atoms with Crippen LogP contribution in [0.3, 0.4) is 0 Å². The van der Waals surface area contributed by atoms with Crippen molar-refractivity contribution in [1.82, 2.24) is 9.88 Å². The molecule has 1 unspecified atom stereocenters. The summed E-state index contributed by atoms with van der Waals surface area (Å²) in [4.78, 5) is 21.2. The second-order valence-electron chi connectivity index (χ2n) is 6.59. The number of carbonyl (C=O) groups excluding carboxylic acids is 1. The SMILES string of the molecule is CN1CCC(CC(=O)c2cc(-c3cccs3)nc3ccccc23)C1. The number of carbonyl (C=O) groups is 1. The summed E-state index contributed by atoms with van der Waals surface area (Å²) in [5.74, 6) is 0.714. The first kappa shape index (κ1) is 15.5. The molecule has 0 spiro atoms. The zero-order valence-corrected chi connectivity index (χ0v) is 14.6. The molecule has 0 amide bonds. The van der Waals surface area contributed by atoms with Crippen molar-refractivity contribution >= 4 is 28.0 Å². The van der Waals surface area contributed by atoms with Crippen LogP contribution in [-0.2, 0) is 0 Å². The van der Waals surface area contributed by atoms with Crippen LogP contribution in [0, 0.1) is 5.92 Å². The van der Waals surface area contributed by atoms with Gasteiger partial charge in [-0.25, -0.2) is 4.98 Å². The summed E-state index contributed by atoms with van der Waals surface area (Å²) in [6.07, 6.45) is 1.74. The number of Topliss-reactive ketones (excluding diaryl/α,β-unsaturated/α-hetero) is 1. The van der Waals surface area contributed by atoms with E-state index in [9.17, 15) is 4.79 Å². The van der Waals surface area contributed by atoms with Gasteiger partial charge < -0.3 is 4.90 Å². The van der Waals surface area contributed by atoms with E-state index in [-0.39, 0.29) is 5.78 Å². The first-order valence-electron chi connectivity index (χ1n) is 8.36. The lowest BCUT2D eigenvalue weighted by Crippen LogP contribution is -2.16. The highest BCUT2D eigenvalue weighted by molar-refractivity contribution is 7.13. The maximum atomic E-state index is 13.0. The Morgan fingerprint density at radius 2 is 2.17 bits per heavy atom. The van der Waals surface area contributed by atoms with Crippen molar-refractivity contribution < 1.29 is 4.79 Å². The van der Waals surface area contributed by atoms with Crippen LogP contribution in [0.4, 0.5) is 0 Å². The topological polar surface area (TPSA) is 33.2 Å². The molecule has 0 N–H and O–H groups in total. The minimum absolute atomic E-state index is 0.242. The molecule has 24 heavy (non-hydrogen) atoms. The molecule has 1 aliphatic rings. The monoisotopic (exact) mass is 336 g/mol. The predicted molar refractivity (Wildman–Crippen MR) is 99.6 cm³/mol. The second-order valence-corrected chi connectivity index (χ2v) is 7.54. The molecule has 3 aromatic rings. The summed E-state index contributed by atoms with van der Waals surface area (Å²) in [7, 11) is 2.13. The highest BCUT2D eigenvalue weighted by Gasteiger charge is 2.24. The van der Waals surface area contributed by atoms with Gasteiger partial charge in [-0.1, -0.05) is 24.3 Å². The van der Waals surface area contributed by atoms with Crippen molar-refractivity contribution in [3.05, 3.63) is 53.4 Å². The first-order chi connectivity index (χ1) is 11.7. The van der Waals surface area contributed by atoms with Gasteiger partial charge in [-0.3, -0.25) is 4.79 Å². The third-order valence-electron chi connectivity index (χ3n) is 4.75. The zero-order chi connectivity index (χ0) is 16.5. The lowest BCUT2D eigenvalue weighted by atomic mass is 9.95. The standard InChI is InChI=1S/C20H20N2OS/c1-22-9-8-14(13-22)11-19(23)16-12-18(20-7-4-10-24-20)21-17-6-3-2-5-15(16)17/h2-7,10,12,14H,8-9,11,13H2,1H3. The molecule has 3 nitrogen and oxygen atoms in total. The van der Waals surface area contributed by atoms with Crippen LogP contribution in [0.2, 0.25) is 0 Å². The minimum atomic E-state index is 0.242. The quantitative estimate of drug-likeness (QED) is 0.658. The highest BCUT2D eigenvalue weighted by atomic mass is 32.1. The Morgan fingerprint density at radius 1 is 1.29 bits per heavy atom. The molecule has 2 aromatic heterocycles. The number of likely N-dealkylation sites (tertiary alicyclic amines) is 1. The van der Waals surface area contributed by atoms with Crippen molar-refractivity contribution in [2.75, 3.05) is 20.1 Å². The van der Waals surface area contributed by atoms with Crippen LogP contribution >= 0.6 is 11.3 Å². The van der Waals surface area contributed by atoms with E-state index in [1.54, 1.807) is 11.3 Å². The fourth-order valence-electron chi connectivity index (χ4n) is 3.52. The van der Waals surface area contributed by atoms with Crippen LogP contribution in [0.15, 0.2) is 47.8 Å². The Morgan fingerprint density at radius 3 is 2.92 bits per heavy atom. The molecule has 1 atom stereocenters. The van der Waals surface area contributed by atoms with Crippen molar-refractivity contribution in [2.24, 2.45) is 5.92 Å². The average Bonchev–Trinajstić information content (AvgIpc) is 3.25. The number of para-hydroxylation sites is 1. The van der Waals surface area contributed by atoms with Crippen molar-refractivity contribution in [2.45, 2.75) is 12.8 Å². The Balaban J connectivity index is 1.74. The van der Waals surface area contributed by atoms with E-state index in [1.165, 1.54) is 0 Å². The third kappa shape index (κ3) is 2.99. The van der Waals surface area contributed by atoms with Crippen LogP contribution in [0.1, 0.15) is 23.2 Å². The number of rotatable bonds is 4. The van der Waals surface area contributed by atoms with E-state index in [0.717, 1.165) is 46.5 Å². The molecule has 3 heterocycles. The molecule has 1 aliphatic heterocycles. The number of hydrogen-bond acceptors (Lipinski definition) is 4. The molecular weight excluding hydrogens is 316 g/mol. The number of aromatic nitrogens is 1. The molecule has 4 heteroatoms. The first-order valence-corrected chi connectivity index (χ1v) is 9.24. The van der Waals surface area contributed by atoms with Gasteiger partial charge >= 0.3 is 0 Å². The van der Waals surface area contributed by atoms with Gasteiger partial charge in [-0.05, 0) is 49.5 Å². The van der Waals surface area contributed by atoms with E-state index in [4.69, 9.17) is 4.98 Å². The molecule has 0 radical (unpaired) electrons. The van der Waals surface area contributed by atoms with Gasteiger partial charge in [0.25, 0.3) is 0 Å². The summed E-state index contributed by atoms with van der Waals surface area (Å²) in [6, 6.07) is 14.0. The maximum Gasteiger partial charge on any atom is 0.163 e. The Kier molecular flexibility index (Phi) is 4.17. The van der Waals surface area contributed by atoms with Gasteiger partial charge in [-0.15, -0.1) is 11.3 Å². The Hall–Kier alpha value is -2.04. The Bertz CT molecular complexity index is 872. The third-order valence-corrected chi connectivity index (χ3v) is 5.65. The molecule has 1 saturated heterocycles. The van der Waals surface area contributed by atoms with Crippen molar-refractivity contribution in [3.63, 3.8) is 0 Å². The van der Waals surface area contributed by atoms with Crippen LogP contribution < -0.4 is 0 Å². The largest absolute Gasteiger partial charge is 0.306 e. The number of ketones is 1. The molecule has 1 fully saturated rings. The van der Waals surface area contributed by atoms with E-state index < -0.39 is 0 Å².